The van der Waals surface area contributed by atoms with E-state index >= 15 is 0 Å². The first-order chi connectivity index (χ1) is 13.7. The Bertz CT molecular complexity index is 939. The Morgan fingerprint density at radius 2 is 2.11 bits per heavy atom. The van der Waals surface area contributed by atoms with Gasteiger partial charge in [-0.1, -0.05) is 30.3 Å². The summed E-state index contributed by atoms with van der Waals surface area (Å²) in [5.74, 6) is -0.0699. The van der Waals surface area contributed by atoms with Gasteiger partial charge in [-0.3, -0.25) is 4.79 Å². The molecule has 3 aromatic rings. The van der Waals surface area contributed by atoms with Crippen LogP contribution in [0.5, 0.6) is 0 Å². The van der Waals surface area contributed by atoms with E-state index in [4.69, 9.17) is 9.84 Å². The van der Waals surface area contributed by atoms with E-state index in [0.29, 0.717) is 31.7 Å². The zero-order valence-corrected chi connectivity index (χ0v) is 15.7. The van der Waals surface area contributed by atoms with Crippen LogP contribution in [-0.4, -0.2) is 62.9 Å². The van der Waals surface area contributed by atoms with E-state index in [1.165, 1.54) is 5.56 Å². The van der Waals surface area contributed by atoms with E-state index in [1.807, 2.05) is 22.8 Å². The van der Waals surface area contributed by atoms with Gasteiger partial charge in [-0.15, -0.1) is 0 Å². The summed E-state index contributed by atoms with van der Waals surface area (Å²) in [6, 6.07) is 12.1. The van der Waals surface area contributed by atoms with Gasteiger partial charge < -0.3 is 19.3 Å². The number of carbonyl (C=O) groups excluding carboxylic acids is 1. The zero-order valence-electron chi connectivity index (χ0n) is 15.7. The van der Waals surface area contributed by atoms with Gasteiger partial charge in [-0.05, 0) is 24.5 Å². The Kier molecular flexibility index (Phi) is 5.64. The lowest BCUT2D eigenvalue weighted by Gasteiger charge is -2.32. The molecule has 1 aromatic carbocycles. The topological polar surface area (TPSA) is 80.5 Å². The van der Waals surface area contributed by atoms with Crippen molar-refractivity contribution in [2.24, 2.45) is 0 Å². The van der Waals surface area contributed by atoms with Gasteiger partial charge in [0.2, 0.25) is 0 Å². The van der Waals surface area contributed by atoms with Crippen molar-refractivity contribution in [3.05, 3.63) is 60.0 Å². The number of pyridine rings is 1. The smallest absolute Gasteiger partial charge is 0.255 e. The minimum absolute atomic E-state index is 0.0562. The van der Waals surface area contributed by atoms with Gasteiger partial charge >= 0.3 is 0 Å². The Hall–Kier alpha value is -2.77. The van der Waals surface area contributed by atoms with Crippen molar-refractivity contribution in [1.82, 2.24) is 19.4 Å². The van der Waals surface area contributed by atoms with Crippen LogP contribution in [0.4, 0.5) is 0 Å². The van der Waals surface area contributed by atoms with Gasteiger partial charge in [0.25, 0.3) is 5.91 Å². The molecule has 2 aromatic heterocycles. The zero-order chi connectivity index (χ0) is 19.3. The van der Waals surface area contributed by atoms with Crippen molar-refractivity contribution in [3.8, 4) is 0 Å². The fraction of sp³-hybridized carbons (Fsp3) is 0.381. The number of nitrogens with zero attached hydrogens (tertiary/aromatic N) is 4. The fourth-order valence-electron chi connectivity index (χ4n) is 3.53. The first-order valence-electron chi connectivity index (χ1n) is 9.61. The molecule has 0 aliphatic carbocycles. The Labute approximate surface area is 163 Å². The fourth-order valence-corrected chi connectivity index (χ4v) is 3.53. The second-order valence-corrected chi connectivity index (χ2v) is 7.00. The molecule has 7 heteroatoms. The van der Waals surface area contributed by atoms with Gasteiger partial charge in [0.1, 0.15) is 5.52 Å². The third-order valence-electron chi connectivity index (χ3n) is 5.06. The molecule has 7 nitrogen and oxygen atoms in total. The number of fused-ring (bicyclic) bond motifs is 1. The predicted molar refractivity (Wildman–Crippen MR) is 105 cm³/mol. The van der Waals surface area contributed by atoms with Crippen LogP contribution in [0.2, 0.25) is 0 Å². The normalized spacial score (nSPS) is 17.2. The molecular weight excluding hydrogens is 356 g/mol. The van der Waals surface area contributed by atoms with Crippen molar-refractivity contribution in [1.29, 1.82) is 0 Å². The molecule has 1 unspecified atom stereocenters. The van der Waals surface area contributed by atoms with Gasteiger partial charge in [0.05, 0.1) is 24.6 Å². The van der Waals surface area contributed by atoms with Crippen molar-refractivity contribution in [2.45, 2.75) is 25.5 Å². The Morgan fingerprint density at radius 1 is 1.25 bits per heavy atom. The maximum Gasteiger partial charge on any atom is 0.255 e. The summed E-state index contributed by atoms with van der Waals surface area (Å²) < 4.78 is 7.60. The molecule has 1 saturated heterocycles. The molecule has 0 radical (unpaired) electrons. The quantitative estimate of drug-likeness (QED) is 0.706. The lowest BCUT2D eigenvalue weighted by Crippen LogP contribution is -2.45. The molecule has 1 atom stereocenters. The Balaban J connectivity index is 1.47. The highest BCUT2D eigenvalue weighted by Gasteiger charge is 2.25. The van der Waals surface area contributed by atoms with Crippen LogP contribution in [0, 0.1) is 0 Å². The summed E-state index contributed by atoms with van der Waals surface area (Å²) in [6.07, 6.45) is 4.72. The average molecular weight is 380 g/mol. The number of rotatable bonds is 6. The molecule has 0 spiro atoms. The number of aliphatic hydroxyl groups is 1. The van der Waals surface area contributed by atoms with E-state index in [0.717, 1.165) is 24.1 Å². The van der Waals surface area contributed by atoms with Gasteiger partial charge in [0, 0.05) is 32.4 Å². The maximum absolute atomic E-state index is 12.8. The SMILES string of the molecule is O=C(c1cnc2c(c1)ncn2CCc1ccccc1)N1CCOC(CCO)C1. The maximum atomic E-state index is 12.8. The number of hydrogen-bond acceptors (Lipinski definition) is 5. The molecule has 4 rings (SSSR count). The van der Waals surface area contributed by atoms with Crippen molar-refractivity contribution < 1.29 is 14.6 Å². The largest absolute Gasteiger partial charge is 0.396 e. The van der Waals surface area contributed by atoms with Crippen LogP contribution < -0.4 is 0 Å². The summed E-state index contributed by atoms with van der Waals surface area (Å²) in [5, 5.41) is 9.09. The average Bonchev–Trinajstić information content (AvgIpc) is 3.15. The van der Waals surface area contributed by atoms with Crippen molar-refractivity contribution in [2.75, 3.05) is 26.3 Å². The van der Waals surface area contributed by atoms with E-state index < -0.39 is 0 Å². The number of amides is 1. The second-order valence-electron chi connectivity index (χ2n) is 7.00. The number of carbonyl (C=O) groups is 1. The lowest BCUT2D eigenvalue weighted by atomic mass is 10.1. The van der Waals surface area contributed by atoms with Gasteiger partial charge in [0.15, 0.2) is 5.65 Å². The van der Waals surface area contributed by atoms with Gasteiger partial charge in [-0.25, -0.2) is 9.97 Å². The van der Waals surface area contributed by atoms with Crippen LogP contribution in [0.25, 0.3) is 11.2 Å². The number of aryl methyl sites for hydroxylation is 2. The van der Waals surface area contributed by atoms with Crippen LogP contribution in [0.15, 0.2) is 48.9 Å². The summed E-state index contributed by atoms with van der Waals surface area (Å²) in [5.41, 5.74) is 3.30. The number of hydrogen-bond donors (Lipinski definition) is 1. The summed E-state index contributed by atoms with van der Waals surface area (Å²) in [6.45, 7) is 2.36. The van der Waals surface area contributed by atoms with Gasteiger partial charge in [-0.2, -0.15) is 0 Å². The number of ether oxygens (including phenoxy) is 1. The highest BCUT2D eigenvalue weighted by Crippen LogP contribution is 2.17. The third-order valence-corrected chi connectivity index (χ3v) is 5.06. The molecule has 1 fully saturated rings. The summed E-state index contributed by atoms with van der Waals surface area (Å²) >= 11 is 0. The molecule has 146 valence electrons. The van der Waals surface area contributed by atoms with Crippen LogP contribution in [-0.2, 0) is 17.7 Å². The standard InChI is InChI=1S/C21H24N4O3/c26-10-7-18-14-24(9-11-28-18)21(27)17-12-19-20(22-13-17)25(15-23-19)8-6-16-4-2-1-3-5-16/h1-5,12-13,15,18,26H,6-11,14H2. The third kappa shape index (κ3) is 4.05. The number of benzene rings is 1. The van der Waals surface area contributed by atoms with E-state index in [2.05, 4.69) is 22.1 Å². The molecule has 3 heterocycles. The molecule has 0 bridgehead atoms. The number of aliphatic hydroxyl groups excluding tert-OH is 1. The number of morpholine rings is 1. The van der Waals surface area contributed by atoms with Crippen LogP contribution >= 0.6 is 0 Å². The highest BCUT2D eigenvalue weighted by molar-refractivity contribution is 5.96. The van der Waals surface area contributed by atoms with E-state index in [9.17, 15) is 4.79 Å². The van der Waals surface area contributed by atoms with Crippen LogP contribution in [0.1, 0.15) is 22.3 Å². The highest BCUT2D eigenvalue weighted by atomic mass is 16.5. The molecule has 1 aliphatic heterocycles. The second kappa shape index (κ2) is 8.50. The molecule has 1 amide bonds. The molecule has 0 saturated carbocycles. The van der Waals surface area contributed by atoms with Crippen LogP contribution in [0.3, 0.4) is 0 Å². The molecule has 1 aliphatic rings. The minimum Gasteiger partial charge on any atom is -0.396 e. The first-order valence-corrected chi connectivity index (χ1v) is 9.61. The minimum atomic E-state index is -0.114. The molecule has 1 N–H and O–H groups in total. The van der Waals surface area contributed by atoms with E-state index in [1.54, 1.807) is 23.5 Å². The predicted octanol–water partition coefficient (Wildman–Crippen LogP) is 1.90. The molecule has 28 heavy (non-hydrogen) atoms. The first kappa shape index (κ1) is 18.6. The molecular formula is C21H24N4O3. The van der Waals surface area contributed by atoms with E-state index in [-0.39, 0.29) is 18.6 Å². The number of imidazole rings is 1. The lowest BCUT2D eigenvalue weighted by molar-refractivity contribution is -0.0307. The Morgan fingerprint density at radius 3 is 2.93 bits per heavy atom. The van der Waals surface area contributed by atoms with Crippen molar-refractivity contribution >= 4 is 17.1 Å². The number of aromatic nitrogens is 3. The summed E-state index contributed by atoms with van der Waals surface area (Å²) in [7, 11) is 0. The monoisotopic (exact) mass is 380 g/mol. The van der Waals surface area contributed by atoms with Crippen molar-refractivity contribution in [3.63, 3.8) is 0 Å². The summed E-state index contributed by atoms with van der Waals surface area (Å²) in [4.78, 5) is 23.5.